The lowest BCUT2D eigenvalue weighted by Crippen LogP contribution is -2.45. The minimum absolute atomic E-state index is 0.000235. The number of aliphatic carboxylic acids is 1. The summed E-state index contributed by atoms with van der Waals surface area (Å²) in [6.45, 7) is 2.29. The molecule has 4 aromatic rings. The molecule has 7 rings (SSSR count). The Bertz CT molecular complexity index is 2080. The van der Waals surface area contributed by atoms with Crippen molar-refractivity contribution >= 4 is 44.5 Å². The fraction of sp³-hybridized carbons (Fsp3) is 0.412. The number of nitrogens with zero attached hydrogens (tertiary/aromatic N) is 4. The van der Waals surface area contributed by atoms with Gasteiger partial charge in [0.2, 0.25) is 5.78 Å². The van der Waals surface area contributed by atoms with Crippen molar-refractivity contribution in [2.45, 2.75) is 63.0 Å². The number of carboxylic acid groups (broad SMARTS) is 1. The number of halogens is 5. The number of aromatic amines is 1. The molecule has 5 heterocycles. The lowest BCUT2D eigenvalue weighted by molar-refractivity contribution is -0.192. The number of carbonyl (C=O) groups is 2. The fourth-order valence-corrected chi connectivity index (χ4v) is 7.71. The predicted octanol–water partition coefficient (Wildman–Crippen LogP) is 5.00. The predicted molar refractivity (Wildman–Crippen MR) is 183 cm³/mol. The van der Waals surface area contributed by atoms with Crippen LogP contribution in [0.1, 0.15) is 54.4 Å². The Hall–Kier alpha value is -4.72. The Balaban J connectivity index is 0.000000626. The zero-order valence-corrected chi connectivity index (χ0v) is 28.9. The number of ketones is 1. The quantitative estimate of drug-likeness (QED) is 0.134. The average Bonchev–Trinajstić information content (AvgIpc) is 3.81. The molecule has 3 aliphatic rings. The van der Waals surface area contributed by atoms with E-state index in [2.05, 4.69) is 24.6 Å². The summed E-state index contributed by atoms with van der Waals surface area (Å²) in [7, 11) is -4.06. The molecule has 0 radical (unpaired) electrons. The SMILES string of the molecule is NC1CC(OC2CCN(c3ccc(-c4cnc5[nH]cc(C(=O)c6c(F)ccc(NS(=O)(=O)N7CCCC7)c6F)c5c4)cn3)CC2)C1.O=C(O)C(F)(F)F. The van der Waals surface area contributed by atoms with Crippen LogP contribution in [-0.2, 0) is 19.7 Å². The number of ether oxygens (including phenoxy) is 1. The summed E-state index contributed by atoms with van der Waals surface area (Å²) in [5.41, 5.74) is 6.30. The maximum absolute atomic E-state index is 15.6. The van der Waals surface area contributed by atoms with Crippen molar-refractivity contribution in [1.29, 1.82) is 0 Å². The Morgan fingerprint density at radius 1 is 0.962 bits per heavy atom. The third-order valence-corrected chi connectivity index (χ3v) is 10.9. The molecule has 1 aromatic carbocycles. The topological polar surface area (TPSA) is 184 Å². The van der Waals surface area contributed by atoms with Crippen molar-refractivity contribution in [3.8, 4) is 11.1 Å². The number of alkyl halides is 3. The molecular weight excluding hydrogens is 729 g/mol. The fourth-order valence-electron chi connectivity index (χ4n) is 6.41. The number of piperidine rings is 1. The normalized spacial score (nSPS) is 19.8. The first-order valence-electron chi connectivity index (χ1n) is 16.8. The van der Waals surface area contributed by atoms with Gasteiger partial charge in [-0.15, -0.1) is 0 Å². The maximum atomic E-state index is 15.6. The van der Waals surface area contributed by atoms with E-state index >= 15 is 4.39 Å². The van der Waals surface area contributed by atoms with Crippen LogP contribution in [0.4, 0.5) is 33.5 Å². The molecule has 0 atom stereocenters. The number of hydrogen-bond acceptors (Lipinski definition) is 9. The standard InChI is InChI=1S/C32H35F2N7O4S.C2HF3O2/c33-26-4-5-27(39-46(43,44)41-9-1-2-10-41)30(34)29(26)31(42)25-18-38-32-24(25)13-20(17-37-32)19-3-6-28(36-16-19)40-11-7-22(8-12-40)45-23-14-21(35)15-23;3-2(4,5)1(6)7/h3-6,13,16-18,21-23,39H,1-2,7-12,14-15,35H2,(H,37,38);(H,6,7). The summed E-state index contributed by atoms with van der Waals surface area (Å²) in [6.07, 6.45) is 5.27. The summed E-state index contributed by atoms with van der Waals surface area (Å²) < 4.78 is 97.2. The van der Waals surface area contributed by atoms with E-state index in [-0.39, 0.29) is 23.8 Å². The van der Waals surface area contributed by atoms with Crippen LogP contribution in [0.3, 0.4) is 0 Å². The third kappa shape index (κ3) is 8.58. The molecule has 13 nitrogen and oxygen atoms in total. The van der Waals surface area contributed by atoms with Gasteiger partial charge in [-0.25, -0.2) is 23.5 Å². The van der Waals surface area contributed by atoms with Crippen LogP contribution in [0.5, 0.6) is 0 Å². The van der Waals surface area contributed by atoms with Gasteiger partial charge in [-0.1, -0.05) is 0 Å². The molecule has 53 heavy (non-hydrogen) atoms. The monoisotopic (exact) mass is 765 g/mol. The van der Waals surface area contributed by atoms with Gasteiger partial charge < -0.3 is 25.5 Å². The van der Waals surface area contributed by atoms with Gasteiger partial charge in [-0.3, -0.25) is 9.52 Å². The molecule has 2 aliphatic heterocycles. The molecule has 0 amide bonds. The summed E-state index contributed by atoms with van der Waals surface area (Å²) in [4.78, 5) is 36.7. The van der Waals surface area contributed by atoms with Crippen molar-refractivity contribution in [3.05, 3.63) is 71.7 Å². The van der Waals surface area contributed by atoms with Gasteiger partial charge >= 0.3 is 22.4 Å². The number of anilines is 2. The van der Waals surface area contributed by atoms with Gasteiger partial charge in [0, 0.05) is 72.9 Å². The summed E-state index contributed by atoms with van der Waals surface area (Å²) >= 11 is 0. The molecule has 0 unspecified atom stereocenters. The Kier molecular flexibility index (Phi) is 11.0. The second-order valence-electron chi connectivity index (χ2n) is 13.0. The highest BCUT2D eigenvalue weighted by atomic mass is 32.2. The molecular formula is C34H36F5N7O6S. The lowest BCUT2D eigenvalue weighted by Gasteiger charge is -2.39. The number of pyridine rings is 2. The second-order valence-corrected chi connectivity index (χ2v) is 14.7. The number of carbonyl (C=O) groups excluding carboxylic acids is 1. The molecule has 1 aliphatic carbocycles. The largest absolute Gasteiger partial charge is 0.490 e. The van der Waals surface area contributed by atoms with Crippen LogP contribution < -0.4 is 15.4 Å². The van der Waals surface area contributed by atoms with E-state index < -0.39 is 51.0 Å². The number of nitrogens with two attached hydrogens (primary N) is 1. The van der Waals surface area contributed by atoms with Crippen molar-refractivity contribution in [2.75, 3.05) is 35.8 Å². The molecule has 3 fully saturated rings. The number of hydrogen-bond donors (Lipinski definition) is 4. The van der Waals surface area contributed by atoms with Gasteiger partial charge in [0.1, 0.15) is 17.3 Å². The second kappa shape index (κ2) is 15.3. The molecule has 0 spiro atoms. The van der Waals surface area contributed by atoms with E-state index in [1.807, 2.05) is 12.1 Å². The number of rotatable bonds is 9. The number of fused-ring (bicyclic) bond motifs is 1. The summed E-state index contributed by atoms with van der Waals surface area (Å²) in [5.74, 6) is -5.23. The molecule has 1 saturated carbocycles. The van der Waals surface area contributed by atoms with Gasteiger partial charge in [-0.05, 0) is 68.9 Å². The van der Waals surface area contributed by atoms with Crippen LogP contribution >= 0.6 is 0 Å². The Morgan fingerprint density at radius 2 is 1.62 bits per heavy atom. The highest BCUT2D eigenvalue weighted by Gasteiger charge is 2.38. The van der Waals surface area contributed by atoms with Crippen molar-refractivity contribution in [2.24, 2.45) is 5.73 Å². The smallest absolute Gasteiger partial charge is 0.475 e. The Morgan fingerprint density at radius 3 is 2.23 bits per heavy atom. The first-order valence-corrected chi connectivity index (χ1v) is 18.2. The summed E-state index contributed by atoms with van der Waals surface area (Å²) in [5, 5.41) is 7.49. The van der Waals surface area contributed by atoms with Gasteiger partial charge in [-0.2, -0.15) is 25.9 Å². The molecule has 284 valence electrons. The molecule has 19 heteroatoms. The number of benzene rings is 1. The van der Waals surface area contributed by atoms with Crippen LogP contribution in [0.2, 0.25) is 0 Å². The summed E-state index contributed by atoms with van der Waals surface area (Å²) in [6, 6.07) is 7.70. The van der Waals surface area contributed by atoms with E-state index in [0.29, 0.717) is 42.5 Å². The van der Waals surface area contributed by atoms with Crippen LogP contribution in [0, 0.1) is 11.6 Å². The van der Waals surface area contributed by atoms with Gasteiger partial charge in [0.05, 0.1) is 23.5 Å². The number of nitrogens with one attached hydrogen (secondary N) is 2. The molecule has 3 aromatic heterocycles. The van der Waals surface area contributed by atoms with E-state index in [0.717, 1.165) is 62.3 Å². The minimum Gasteiger partial charge on any atom is -0.475 e. The van der Waals surface area contributed by atoms with Crippen molar-refractivity contribution < 1.29 is 49.8 Å². The zero-order valence-electron chi connectivity index (χ0n) is 28.1. The van der Waals surface area contributed by atoms with Gasteiger partial charge in [0.15, 0.2) is 5.82 Å². The first-order chi connectivity index (χ1) is 25.1. The minimum atomic E-state index is -5.08. The van der Waals surface area contributed by atoms with E-state index in [4.69, 9.17) is 20.4 Å². The van der Waals surface area contributed by atoms with Crippen LogP contribution in [-0.4, -0.2) is 95.1 Å². The number of aromatic nitrogens is 3. The molecule has 5 N–H and O–H groups in total. The van der Waals surface area contributed by atoms with Gasteiger partial charge in [0.25, 0.3) is 0 Å². The molecule has 0 bridgehead atoms. The van der Waals surface area contributed by atoms with Crippen molar-refractivity contribution in [3.63, 3.8) is 0 Å². The Labute approximate surface area is 300 Å². The highest BCUT2D eigenvalue weighted by molar-refractivity contribution is 7.90. The number of carboxylic acids is 1. The average molecular weight is 766 g/mol. The first kappa shape index (κ1) is 38.0. The zero-order chi connectivity index (χ0) is 38.1. The van der Waals surface area contributed by atoms with E-state index in [9.17, 15) is 30.8 Å². The lowest BCUT2D eigenvalue weighted by atomic mass is 9.90. The highest BCUT2D eigenvalue weighted by Crippen LogP contribution is 2.32. The van der Waals surface area contributed by atoms with Crippen LogP contribution in [0.25, 0.3) is 22.2 Å². The number of H-pyrrole nitrogens is 1. The third-order valence-electron chi connectivity index (χ3n) is 9.34. The van der Waals surface area contributed by atoms with Crippen molar-refractivity contribution in [1.82, 2.24) is 19.3 Å². The van der Waals surface area contributed by atoms with E-state index in [1.54, 1.807) is 18.5 Å². The molecule has 2 saturated heterocycles. The maximum Gasteiger partial charge on any atom is 0.490 e. The van der Waals surface area contributed by atoms with Crippen LogP contribution in [0.15, 0.2) is 48.9 Å². The van der Waals surface area contributed by atoms with E-state index in [1.165, 1.54) is 10.5 Å².